The summed E-state index contributed by atoms with van der Waals surface area (Å²) in [4.78, 5) is 26.0. The molecule has 3 rings (SSSR count). The van der Waals surface area contributed by atoms with Gasteiger partial charge in [-0.3, -0.25) is 4.79 Å². The second kappa shape index (κ2) is 8.52. The number of ether oxygens (including phenoxy) is 1. The van der Waals surface area contributed by atoms with Crippen LogP contribution in [0.15, 0.2) is 57.1 Å². The van der Waals surface area contributed by atoms with Crippen LogP contribution in [-0.4, -0.2) is 31.3 Å². The van der Waals surface area contributed by atoms with E-state index in [-0.39, 0.29) is 18.7 Å². The Hall–Kier alpha value is -3.10. The molecule has 0 saturated carbocycles. The Balaban J connectivity index is 1.97. The van der Waals surface area contributed by atoms with Gasteiger partial charge in [-0.1, -0.05) is 12.1 Å². The molecule has 0 fully saturated rings. The van der Waals surface area contributed by atoms with Crippen LogP contribution in [0.4, 0.5) is 11.4 Å². The molecule has 3 aromatic rings. The minimum atomic E-state index is -0.762. The van der Waals surface area contributed by atoms with E-state index >= 15 is 0 Å². The number of anilines is 2. The fourth-order valence-electron chi connectivity index (χ4n) is 2.47. The van der Waals surface area contributed by atoms with E-state index in [1.165, 1.54) is 18.4 Å². The Bertz CT molecular complexity index is 982. The van der Waals surface area contributed by atoms with Crippen LogP contribution in [0.5, 0.6) is 5.75 Å². The number of nitrogens with one attached hydrogen (secondary N) is 2. The summed E-state index contributed by atoms with van der Waals surface area (Å²) in [5.74, 6) is 0.315. The van der Waals surface area contributed by atoms with Crippen molar-refractivity contribution >= 4 is 28.6 Å². The van der Waals surface area contributed by atoms with Crippen molar-refractivity contribution in [2.45, 2.75) is 0 Å². The molecule has 3 N–H and O–H groups in total. The van der Waals surface area contributed by atoms with Gasteiger partial charge in [0.2, 0.25) is 0 Å². The van der Waals surface area contributed by atoms with Crippen molar-refractivity contribution in [1.29, 1.82) is 0 Å². The van der Waals surface area contributed by atoms with Crippen LogP contribution in [0.2, 0.25) is 0 Å². The van der Waals surface area contributed by atoms with Crippen molar-refractivity contribution in [2.24, 2.45) is 0 Å². The van der Waals surface area contributed by atoms with Crippen molar-refractivity contribution in [3.8, 4) is 16.4 Å². The molecule has 0 radical (unpaired) electrons. The maximum atomic E-state index is 12.7. The minimum Gasteiger partial charge on any atom is -0.497 e. The highest BCUT2D eigenvalue weighted by atomic mass is 32.1. The smallest absolute Gasteiger partial charge is 0.351 e. The Morgan fingerprint density at radius 2 is 2.11 bits per heavy atom. The molecule has 7 nitrogen and oxygen atoms in total. The molecule has 0 saturated heterocycles. The van der Waals surface area contributed by atoms with E-state index in [0.717, 1.165) is 4.88 Å². The molecular formula is C19H18N2O5S. The summed E-state index contributed by atoms with van der Waals surface area (Å²) in [6.45, 7) is 0.0400. The first-order valence-corrected chi connectivity index (χ1v) is 9.02. The van der Waals surface area contributed by atoms with E-state index in [4.69, 9.17) is 14.3 Å². The Morgan fingerprint density at radius 3 is 2.81 bits per heavy atom. The molecule has 140 valence electrons. The van der Waals surface area contributed by atoms with E-state index in [2.05, 4.69) is 10.6 Å². The highest BCUT2D eigenvalue weighted by Gasteiger charge is 2.20. The van der Waals surface area contributed by atoms with Gasteiger partial charge >= 0.3 is 5.63 Å². The zero-order valence-electron chi connectivity index (χ0n) is 14.5. The Kier molecular flexibility index (Phi) is 5.90. The predicted octanol–water partition coefficient (Wildman–Crippen LogP) is 3.03. The summed E-state index contributed by atoms with van der Waals surface area (Å²) in [6, 6.07) is 12.0. The summed E-state index contributed by atoms with van der Waals surface area (Å²) in [6.07, 6.45) is 0. The van der Waals surface area contributed by atoms with Crippen LogP contribution in [0.3, 0.4) is 0 Å². The zero-order valence-corrected chi connectivity index (χ0v) is 15.3. The largest absolute Gasteiger partial charge is 0.497 e. The van der Waals surface area contributed by atoms with Gasteiger partial charge in [-0.2, -0.15) is 0 Å². The molecule has 2 heterocycles. The highest BCUT2D eigenvalue weighted by molar-refractivity contribution is 7.13. The molecule has 8 heteroatoms. The molecule has 0 atom stereocenters. The van der Waals surface area contributed by atoms with Crippen molar-refractivity contribution < 1.29 is 19.1 Å². The summed E-state index contributed by atoms with van der Waals surface area (Å²) < 4.78 is 10.5. The number of thiophene rings is 1. The SMILES string of the molecule is COc1cccc(NC(=O)c2c(NCCO)cc(-c3cccs3)oc2=O)c1. The van der Waals surface area contributed by atoms with Gasteiger partial charge in [0.15, 0.2) is 0 Å². The van der Waals surface area contributed by atoms with E-state index in [9.17, 15) is 9.59 Å². The molecule has 27 heavy (non-hydrogen) atoms. The number of rotatable bonds is 7. The minimum absolute atomic E-state index is 0.147. The number of hydrogen-bond acceptors (Lipinski definition) is 7. The lowest BCUT2D eigenvalue weighted by molar-refractivity contribution is 0.102. The number of aliphatic hydroxyl groups excluding tert-OH is 1. The van der Waals surface area contributed by atoms with Crippen molar-refractivity contribution in [2.75, 3.05) is 30.9 Å². The van der Waals surface area contributed by atoms with E-state index in [1.807, 2.05) is 17.5 Å². The topological polar surface area (TPSA) is 101 Å². The molecule has 0 aliphatic rings. The van der Waals surface area contributed by atoms with Crippen LogP contribution in [0, 0.1) is 0 Å². The van der Waals surface area contributed by atoms with Gasteiger partial charge in [0.05, 0.1) is 24.3 Å². The predicted molar refractivity (Wildman–Crippen MR) is 105 cm³/mol. The van der Waals surface area contributed by atoms with Gasteiger partial charge in [0, 0.05) is 24.4 Å². The lowest BCUT2D eigenvalue weighted by atomic mass is 10.2. The molecular weight excluding hydrogens is 368 g/mol. The lowest BCUT2D eigenvalue weighted by Gasteiger charge is -2.12. The monoisotopic (exact) mass is 386 g/mol. The Morgan fingerprint density at radius 1 is 1.26 bits per heavy atom. The fourth-order valence-corrected chi connectivity index (χ4v) is 3.15. The number of aliphatic hydroxyl groups is 1. The van der Waals surface area contributed by atoms with Crippen molar-refractivity contribution in [3.05, 3.63) is 63.8 Å². The van der Waals surface area contributed by atoms with Crippen LogP contribution in [-0.2, 0) is 0 Å². The van der Waals surface area contributed by atoms with Crippen LogP contribution in [0.25, 0.3) is 10.6 Å². The first-order chi connectivity index (χ1) is 13.1. The first-order valence-electron chi connectivity index (χ1n) is 8.14. The molecule has 0 unspecified atom stereocenters. The summed E-state index contributed by atoms with van der Waals surface area (Å²) in [7, 11) is 1.52. The van der Waals surface area contributed by atoms with Gasteiger partial charge in [-0.15, -0.1) is 11.3 Å². The van der Waals surface area contributed by atoms with Gasteiger partial charge in [-0.05, 0) is 23.6 Å². The van der Waals surface area contributed by atoms with Gasteiger partial charge < -0.3 is 24.9 Å². The van der Waals surface area contributed by atoms with Crippen LogP contribution >= 0.6 is 11.3 Å². The molecule has 0 bridgehead atoms. The summed E-state index contributed by atoms with van der Waals surface area (Å²) in [5.41, 5.74) is -0.147. The molecule has 0 aliphatic heterocycles. The highest BCUT2D eigenvalue weighted by Crippen LogP contribution is 2.27. The average Bonchev–Trinajstić information content (AvgIpc) is 3.20. The average molecular weight is 386 g/mol. The lowest BCUT2D eigenvalue weighted by Crippen LogP contribution is -2.24. The van der Waals surface area contributed by atoms with E-state index < -0.39 is 11.5 Å². The normalized spacial score (nSPS) is 10.4. The molecule has 0 spiro atoms. The number of carbonyl (C=O) groups excluding carboxylic acids is 1. The second-order valence-corrected chi connectivity index (χ2v) is 6.45. The van der Waals surface area contributed by atoms with Gasteiger partial charge in [-0.25, -0.2) is 4.79 Å². The maximum absolute atomic E-state index is 12.7. The number of carbonyl (C=O) groups is 1. The van der Waals surface area contributed by atoms with Crippen molar-refractivity contribution in [3.63, 3.8) is 0 Å². The standard InChI is InChI=1S/C19H18N2O5S/c1-25-13-5-2-4-12(10-13)21-18(23)17-14(20-7-8-22)11-15(26-19(17)24)16-6-3-9-27-16/h2-6,9-11,20,22H,7-8H2,1H3,(H,21,23). The van der Waals surface area contributed by atoms with Crippen LogP contribution in [0.1, 0.15) is 10.4 Å². The second-order valence-electron chi connectivity index (χ2n) is 5.50. The Labute approximate surface area is 159 Å². The third kappa shape index (κ3) is 4.36. The maximum Gasteiger partial charge on any atom is 0.351 e. The molecule has 1 amide bonds. The quantitative estimate of drug-likeness (QED) is 0.577. The van der Waals surface area contributed by atoms with E-state index in [0.29, 0.717) is 22.9 Å². The zero-order chi connectivity index (χ0) is 19.2. The summed E-state index contributed by atoms with van der Waals surface area (Å²) in [5, 5.41) is 16.5. The molecule has 1 aromatic carbocycles. The molecule has 2 aromatic heterocycles. The number of benzene rings is 1. The van der Waals surface area contributed by atoms with Gasteiger partial charge in [0.1, 0.15) is 17.1 Å². The van der Waals surface area contributed by atoms with E-state index in [1.54, 1.807) is 30.3 Å². The first kappa shape index (κ1) is 18.7. The third-order valence-electron chi connectivity index (χ3n) is 3.70. The van der Waals surface area contributed by atoms with Crippen LogP contribution < -0.4 is 21.0 Å². The van der Waals surface area contributed by atoms with Crippen molar-refractivity contribution in [1.82, 2.24) is 0 Å². The number of methoxy groups -OCH3 is 1. The number of amides is 1. The van der Waals surface area contributed by atoms with Gasteiger partial charge in [0.25, 0.3) is 5.91 Å². The molecule has 0 aliphatic carbocycles. The number of hydrogen-bond donors (Lipinski definition) is 3. The summed E-state index contributed by atoms with van der Waals surface area (Å²) >= 11 is 1.41. The third-order valence-corrected chi connectivity index (χ3v) is 4.58. The fraction of sp³-hybridized carbons (Fsp3) is 0.158.